The second-order valence-corrected chi connectivity index (χ2v) is 5.73. The minimum atomic E-state index is 0.0227. The molecule has 0 fully saturated rings. The van der Waals surface area contributed by atoms with Crippen LogP contribution in [0.3, 0.4) is 0 Å². The van der Waals surface area contributed by atoms with E-state index < -0.39 is 0 Å². The molecule has 4 nitrogen and oxygen atoms in total. The lowest BCUT2D eigenvalue weighted by atomic mass is 10.2. The lowest BCUT2D eigenvalue weighted by molar-refractivity contribution is 0.0761. The largest absolute Gasteiger partial charge is 0.379 e. The molecule has 0 bridgehead atoms. The van der Waals surface area contributed by atoms with Crippen molar-refractivity contribution >= 4 is 28.6 Å². The fourth-order valence-electron chi connectivity index (χ4n) is 1.83. The number of thiazole rings is 1. The van der Waals surface area contributed by atoms with E-state index in [4.69, 9.17) is 21.6 Å². The Hall–Kier alpha value is -1.61. The van der Waals surface area contributed by atoms with Gasteiger partial charge in [0.2, 0.25) is 0 Å². The molecule has 0 saturated heterocycles. The second kappa shape index (κ2) is 7.41. The fourth-order valence-corrected chi connectivity index (χ4v) is 2.81. The van der Waals surface area contributed by atoms with E-state index in [9.17, 15) is 0 Å². The summed E-state index contributed by atoms with van der Waals surface area (Å²) in [4.78, 5) is 4.54. The summed E-state index contributed by atoms with van der Waals surface area (Å²) in [5, 5.41) is 15.6. The zero-order valence-electron chi connectivity index (χ0n) is 11.9. The number of nitrogens with one attached hydrogen (secondary N) is 1. The molecule has 2 aromatic rings. The van der Waals surface area contributed by atoms with Crippen molar-refractivity contribution in [2.24, 2.45) is 0 Å². The number of hydrogen-bond donors (Lipinski definition) is 1. The highest BCUT2D eigenvalue weighted by Crippen LogP contribution is 2.23. The van der Waals surface area contributed by atoms with Crippen LogP contribution in [-0.2, 0) is 11.3 Å². The molecular weight excluding hydrogens is 306 g/mol. The molecule has 110 valence electrons. The Kier molecular flexibility index (Phi) is 5.57. The predicted molar refractivity (Wildman–Crippen MR) is 85.6 cm³/mol. The maximum Gasteiger partial charge on any atom is 0.122 e. The van der Waals surface area contributed by atoms with Crippen molar-refractivity contribution in [1.29, 1.82) is 5.26 Å². The van der Waals surface area contributed by atoms with E-state index in [0.29, 0.717) is 23.7 Å². The van der Waals surface area contributed by atoms with Gasteiger partial charge in [-0.1, -0.05) is 11.6 Å². The number of benzene rings is 1. The van der Waals surface area contributed by atoms with E-state index in [-0.39, 0.29) is 6.10 Å². The molecule has 0 amide bonds. The molecular formula is C15H16ClN3OS. The Bertz CT molecular complexity index is 651. The smallest absolute Gasteiger partial charge is 0.122 e. The van der Waals surface area contributed by atoms with Crippen molar-refractivity contribution in [2.45, 2.75) is 26.5 Å². The van der Waals surface area contributed by atoms with E-state index in [1.54, 1.807) is 23.5 Å². The van der Waals surface area contributed by atoms with Crippen LogP contribution in [0.25, 0.3) is 0 Å². The molecule has 1 aromatic heterocycles. The highest BCUT2D eigenvalue weighted by Gasteiger charge is 2.10. The van der Waals surface area contributed by atoms with Crippen LogP contribution in [0.15, 0.2) is 23.6 Å². The zero-order valence-corrected chi connectivity index (χ0v) is 13.5. The number of halogens is 1. The number of nitrogens with zero attached hydrogens (tertiary/aromatic N) is 2. The number of ether oxygens (including phenoxy) is 1. The molecule has 0 radical (unpaired) electrons. The van der Waals surface area contributed by atoms with Gasteiger partial charge in [-0.25, -0.2) is 4.98 Å². The molecule has 0 saturated carbocycles. The maximum absolute atomic E-state index is 8.96. The van der Waals surface area contributed by atoms with Crippen molar-refractivity contribution in [2.75, 3.05) is 11.9 Å². The molecule has 0 aliphatic carbocycles. The summed E-state index contributed by atoms with van der Waals surface area (Å²) in [6, 6.07) is 7.36. The SMILES string of the molecule is CCO[C@@H](C)c1nc(CNc2ccc(Cl)c(C#N)c2)cs1. The van der Waals surface area contributed by atoms with Crippen LogP contribution in [0.5, 0.6) is 0 Å². The second-order valence-electron chi connectivity index (χ2n) is 4.43. The van der Waals surface area contributed by atoms with Gasteiger partial charge in [0.25, 0.3) is 0 Å². The van der Waals surface area contributed by atoms with E-state index in [2.05, 4.69) is 16.4 Å². The summed E-state index contributed by atoms with van der Waals surface area (Å²) in [6.45, 7) is 5.25. The summed E-state index contributed by atoms with van der Waals surface area (Å²) < 4.78 is 5.52. The molecule has 1 aromatic carbocycles. The number of hydrogen-bond acceptors (Lipinski definition) is 5. The van der Waals surface area contributed by atoms with Crippen molar-refractivity contribution in [3.63, 3.8) is 0 Å². The van der Waals surface area contributed by atoms with Gasteiger partial charge in [0, 0.05) is 17.7 Å². The average Bonchev–Trinajstić information content (AvgIpc) is 2.95. The molecule has 0 spiro atoms. The minimum absolute atomic E-state index is 0.0227. The standard InChI is InChI=1S/C15H16ClN3OS/c1-3-20-10(2)15-19-13(9-21-15)8-18-12-4-5-14(16)11(6-12)7-17/h4-6,9-10,18H,3,8H2,1-2H3/t10-/m0/s1. The monoisotopic (exact) mass is 321 g/mol. The van der Waals surface area contributed by atoms with Gasteiger partial charge in [0.15, 0.2) is 0 Å². The molecule has 6 heteroatoms. The lowest BCUT2D eigenvalue weighted by Gasteiger charge is -2.07. The predicted octanol–water partition coefficient (Wildman–Crippen LogP) is 4.38. The number of anilines is 1. The molecule has 0 unspecified atom stereocenters. The molecule has 0 aliphatic rings. The lowest BCUT2D eigenvalue weighted by Crippen LogP contribution is -2.02. The molecule has 21 heavy (non-hydrogen) atoms. The summed E-state index contributed by atoms with van der Waals surface area (Å²) >= 11 is 7.50. The van der Waals surface area contributed by atoms with Crippen LogP contribution in [0.1, 0.15) is 36.2 Å². The number of nitriles is 1. The minimum Gasteiger partial charge on any atom is -0.379 e. The highest BCUT2D eigenvalue weighted by molar-refractivity contribution is 7.09. The first-order valence-corrected chi connectivity index (χ1v) is 7.89. The van der Waals surface area contributed by atoms with Crippen molar-refractivity contribution in [3.8, 4) is 6.07 Å². The van der Waals surface area contributed by atoms with E-state index in [1.165, 1.54) is 0 Å². The van der Waals surface area contributed by atoms with Gasteiger partial charge in [-0.3, -0.25) is 0 Å². The van der Waals surface area contributed by atoms with E-state index >= 15 is 0 Å². The first-order chi connectivity index (χ1) is 10.1. The molecule has 0 aliphatic heterocycles. The third-order valence-corrected chi connectivity index (χ3v) is 4.28. The van der Waals surface area contributed by atoms with Gasteiger partial charge in [0.1, 0.15) is 17.2 Å². The Balaban J connectivity index is 1.99. The maximum atomic E-state index is 8.96. The highest BCUT2D eigenvalue weighted by atomic mass is 35.5. The van der Waals surface area contributed by atoms with E-state index in [0.717, 1.165) is 16.4 Å². The summed E-state index contributed by atoms with van der Waals surface area (Å²) in [6.07, 6.45) is 0.0227. The summed E-state index contributed by atoms with van der Waals surface area (Å²) in [5.41, 5.74) is 2.27. The summed E-state index contributed by atoms with van der Waals surface area (Å²) in [5.74, 6) is 0. The Labute approximate surface area is 133 Å². The van der Waals surface area contributed by atoms with Gasteiger partial charge < -0.3 is 10.1 Å². The van der Waals surface area contributed by atoms with Gasteiger partial charge >= 0.3 is 0 Å². The average molecular weight is 322 g/mol. The van der Waals surface area contributed by atoms with Gasteiger partial charge in [-0.05, 0) is 32.0 Å². The quantitative estimate of drug-likeness (QED) is 0.857. The van der Waals surface area contributed by atoms with Gasteiger partial charge in [-0.2, -0.15) is 5.26 Å². The van der Waals surface area contributed by atoms with Crippen LogP contribution >= 0.6 is 22.9 Å². The Morgan fingerprint density at radius 1 is 1.52 bits per heavy atom. The third-order valence-electron chi connectivity index (χ3n) is 2.89. The number of aromatic nitrogens is 1. The first kappa shape index (κ1) is 15.8. The van der Waals surface area contributed by atoms with E-state index in [1.807, 2.05) is 25.3 Å². The van der Waals surface area contributed by atoms with Crippen molar-refractivity contribution < 1.29 is 4.74 Å². The van der Waals surface area contributed by atoms with Crippen LogP contribution < -0.4 is 5.32 Å². The summed E-state index contributed by atoms with van der Waals surface area (Å²) in [7, 11) is 0. The third kappa shape index (κ3) is 4.18. The topological polar surface area (TPSA) is 57.9 Å². The van der Waals surface area contributed by atoms with Crippen molar-refractivity contribution in [1.82, 2.24) is 4.98 Å². The van der Waals surface area contributed by atoms with Crippen molar-refractivity contribution in [3.05, 3.63) is 44.9 Å². The van der Waals surface area contributed by atoms with Gasteiger partial charge in [0.05, 0.1) is 22.8 Å². The van der Waals surface area contributed by atoms with Crippen LogP contribution in [0, 0.1) is 11.3 Å². The Morgan fingerprint density at radius 2 is 2.33 bits per heavy atom. The normalized spacial score (nSPS) is 11.9. The van der Waals surface area contributed by atoms with Gasteiger partial charge in [-0.15, -0.1) is 11.3 Å². The molecule has 1 heterocycles. The zero-order chi connectivity index (χ0) is 15.2. The molecule has 2 rings (SSSR count). The van der Waals surface area contributed by atoms with Crippen LogP contribution in [0.4, 0.5) is 5.69 Å². The fraction of sp³-hybridized carbons (Fsp3) is 0.333. The molecule has 1 atom stereocenters. The molecule has 1 N–H and O–H groups in total. The number of rotatable bonds is 6. The van der Waals surface area contributed by atoms with Crippen LogP contribution in [-0.4, -0.2) is 11.6 Å². The Morgan fingerprint density at radius 3 is 3.05 bits per heavy atom. The first-order valence-electron chi connectivity index (χ1n) is 6.63. The van der Waals surface area contributed by atoms with Crippen LogP contribution in [0.2, 0.25) is 5.02 Å².